The molecule has 1 unspecified atom stereocenters. The molecule has 2 N–H and O–H groups in total. The molecule has 94 valence electrons. The third kappa shape index (κ3) is 4.09. The molecular formula is C12H17BrN2O2. The summed E-state index contributed by atoms with van der Waals surface area (Å²) in [5.74, 6) is 0. The minimum atomic E-state index is -0.395. The Hall–Kier alpha value is -0.940. The van der Waals surface area contributed by atoms with Gasteiger partial charge in [0.25, 0.3) is 5.69 Å². The molecule has 0 saturated heterocycles. The fourth-order valence-electron chi connectivity index (χ4n) is 1.95. The molecule has 0 aromatic heterocycles. The van der Waals surface area contributed by atoms with Gasteiger partial charge in [-0.2, -0.15) is 0 Å². The molecule has 0 radical (unpaired) electrons. The van der Waals surface area contributed by atoms with Gasteiger partial charge >= 0.3 is 0 Å². The van der Waals surface area contributed by atoms with Crippen molar-refractivity contribution in [2.24, 2.45) is 5.73 Å². The zero-order valence-corrected chi connectivity index (χ0v) is 11.7. The highest BCUT2D eigenvalue weighted by atomic mass is 79.9. The molecule has 17 heavy (non-hydrogen) atoms. The van der Waals surface area contributed by atoms with E-state index in [2.05, 4.69) is 22.9 Å². The monoisotopic (exact) mass is 300 g/mol. The first-order chi connectivity index (χ1) is 7.85. The molecule has 0 aliphatic rings. The van der Waals surface area contributed by atoms with Crippen molar-refractivity contribution in [3.05, 3.63) is 38.3 Å². The van der Waals surface area contributed by atoms with E-state index in [9.17, 15) is 10.1 Å². The highest BCUT2D eigenvalue weighted by molar-refractivity contribution is 9.10. The molecule has 0 bridgehead atoms. The van der Waals surface area contributed by atoms with Crippen molar-refractivity contribution in [2.45, 2.75) is 38.6 Å². The standard InChI is InChI=1S/C12H17BrN2O2/c1-3-6-12(2,14)8-9-4-5-10(13)7-11(9)15(16)17/h4-5,7H,3,6,8,14H2,1-2H3. The fraction of sp³-hybridized carbons (Fsp3) is 0.500. The molecule has 1 aromatic rings. The lowest BCUT2D eigenvalue weighted by atomic mass is 9.89. The number of rotatable bonds is 5. The third-order valence-corrected chi connectivity index (χ3v) is 3.15. The van der Waals surface area contributed by atoms with E-state index in [1.165, 1.54) is 6.07 Å². The summed E-state index contributed by atoms with van der Waals surface area (Å²) in [5, 5.41) is 11.0. The topological polar surface area (TPSA) is 69.2 Å². The lowest BCUT2D eigenvalue weighted by Gasteiger charge is -2.23. The Morgan fingerprint density at radius 2 is 2.18 bits per heavy atom. The Kier molecular flexibility index (Phi) is 4.65. The summed E-state index contributed by atoms with van der Waals surface area (Å²) >= 11 is 3.24. The number of nitro benzene ring substituents is 1. The van der Waals surface area contributed by atoms with Gasteiger partial charge in [-0.15, -0.1) is 0 Å². The summed E-state index contributed by atoms with van der Waals surface area (Å²) in [7, 11) is 0. The number of hydrogen-bond acceptors (Lipinski definition) is 3. The van der Waals surface area contributed by atoms with Gasteiger partial charge in [0.1, 0.15) is 0 Å². The number of nitrogens with two attached hydrogens (primary N) is 1. The van der Waals surface area contributed by atoms with Crippen LogP contribution in [0.25, 0.3) is 0 Å². The molecular weight excluding hydrogens is 284 g/mol. The van der Waals surface area contributed by atoms with E-state index in [1.807, 2.05) is 13.0 Å². The molecule has 0 spiro atoms. The van der Waals surface area contributed by atoms with Crippen LogP contribution in [0.5, 0.6) is 0 Å². The van der Waals surface area contributed by atoms with Crippen LogP contribution in [0.15, 0.2) is 22.7 Å². The number of nitrogens with zero attached hydrogens (tertiary/aromatic N) is 1. The van der Waals surface area contributed by atoms with Gasteiger partial charge < -0.3 is 5.73 Å². The molecule has 1 aromatic carbocycles. The Balaban J connectivity index is 3.02. The molecule has 1 rings (SSSR count). The van der Waals surface area contributed by atoms with Crippen LogP contribution in [-0.2, 0) is 6.42 Å². The first-order valence-corrected chi connectivity index (χ1v) is 6.37. The maximum Gasteiger partial charge on any atom is 0.273 e. The molecule has 0 heterocycles. The SMILES string of the molecule is CCCC(C)(N)Cc1ccc(Br)cc1[N+](=O)[O-]. The van der Waals surface area contributed by atoms with Crippen LogP contribution in [0.2, 0.25) is 0 Å². The van der Waals surface area contributed by atoms with Crippen molar-refractivity contribution in [3.8, 4) is 0 Å². The molecule has 0 aliphatic heterocycles. The van der Waals surface area contributed by atoms with Gasteiger partial charge in [0.05, 0.1) is 4.92 Å². The maximum atomic E-state index is 11.0. The molecule has 1 atom stereocenters. The van der Waals surface area contributed by atoms with E-state index in [0.717, 1.165) is 12.8 Å². The van der Waals surface area contributed by atoms with Crippen LogP contribution in [0.4, 0.5) is 5.69 Å². The smallest absolute Gasteiger partial charge is 0.273 e. The average molecular weight is 301 g/mol. The molecule has 0 saturated carbocycles. The van der Waals surface area contributed by atoms with Crippen LogP contribution >= 0.6 is 15.9 Å². The number of halogens is 1. The summed E-state index contributed by atoms with van der Waals surface area (Å²) in [6.45, 7) is 3.99. The number of nitro groups is 1. The van der Waals surface area contributed by atoms with Crippen molar-refractivity contribution < 1.29 is 4.92 Å². The van der Waals surface area contributed by atoms with Gasteiger partial charge in [-0.1, -0.05) is 35.3 Å². The summed E-state index contributed by atoms with van der Waals surface area (Å²) in [4.78, 5) is 10.6. The predicted octanol–water partition coefficient (Wildman–Crippen LogP) is 3.42. The van der Waals surface area contributed by atoms with E-state index >= 15 is 0 Å². The highest BCUT2D eigenvalue weighted by Gasteiger charge is 2.23. The maximum absolute atomic E-state index is 11.0. The summed E-state index contributed by atoms with van der Waals surface area (Å²) in [5.41, 5.74) is 6.56. The normalized spacial score (nSPS) is 14.4. The number of benzene rings is 1. The van der Waals surface area contributed by atoms with Gasteiger partial charge in [0.15, 0.2) is 0 Å². The molecule has 0 fully saturated rings. The van der Waals surface area contributed by atoms with Gasteiger partial charge in [0, 0.05) is 21.6 Å². The van der Waals surface area contributed by atoms with E-state index in [1.54, 1.807) is 6.07 Å². The van der Waals surface area contributed by atoms with Crippen molar-refractivity contribution in [2.75, 3.05) is 0 Å². The van der Waals surface area contributed by atoms with Crippen molar-refractivity contribution in [3.63, 3.8) is 0 Å². The largest absolute Gasteiger partial charge is 0.325 e. The predicted molar refractivity (Wildman–Crippen MR) is 72.0 cm³/mol. The average Bonchev–Trinajstić information content (AvgIpc) is 2.20. The summed E-state index contributed by atoms with van der Waals surface area (Å²) in [6, 6.07) is 5.10. The summed E-state index contributed by atoms with van der Waals surface area (Å²) in [6.07, 6.45) is 2.34. The fourth-order valence-corrected chi connectivity index (χ4v) is 2.30. The van der Waals surface area contributed by atoms with E-state index in [-0.39, 0.29) is 10.6 Å². The first kappa shape index (κ1) is 14.1. The van der Waals surface area contributed by atoms with E-state index < -0.39 is 5.54 Å². The lowest BCUT2D eigenvalue weighted by molar-refractivity contribution is -0.385. The van der Waals surface area contributed by atoms with Gasteiger partial charge in [0.2, 0.25) is 0 Å². The van der Waals surface area contributed by atoms with Crippen molar-refractivity contribution in [1.29, 1.82) is 0 Å². The molecule has 4 nitrogen and oxygen atoms in total. The Morgan fingerprint density at radius 3 is 2.71 bits per heavy atom. The van der Waals surface area contributed by atoms with Crippen LogP contribution < -0.4 is 5.73 Å². The Morgan fingerprint density at radius 1 is 1.53 bits per heavy atom. The van der Waals surface area contributed by atoms with Gasteiger partial charge in [-0.25, -0.2) is 0 Å². The first-order valence-electron chi connectivity index (χ1n) is 5.57. The van der Waals surface area contributed by atoms with Crippen LogP contribution in [0, 0.1) is 10.1 Å². The highest BCUT2D eigenvalue weighted by Crippen LogP contribution is 2.27. The Bertz CT molecular complexity index is 419. The molecule has 5 heteroatoms. The zero-order valence-electron chi connectivity index (χ0n) is 10.1. The second kappa shape index (κ2) is 5.60. The Labute approximate surface area is 109 Å². The minimum Gasteiger partial charge on any atom is -0.325 e. The second-order valence-electron chi connectivity index (χ2n) is 4.61. The molecule has 0 amide bonds. The quantitative estimate of drug-likeness (QED) is 0.669. The van der Waals surface area contributed by atoms with Crippen LogP contribution in [-0.4, -0.2) is 10.5 Å². The minimum absolute atomic E-state index is 0.132. The van der Waals surface area contributed by atoms with Gasteiger partial charge in [-0.3, -0.25) is 10.1 Å². The third-order valence-electron chi connectivity index (χ3n) is 2.66. The van der Waals surface area contributed by atoms with Gasteiger partial charge in [-0.05, 0) is 25.8 Å². The van der Waals surface area contributed by atoms with E-state index in [0.29, 0.717) is 16.5 Å². The number of hydrogen-bond donors (Lipinski definition) is 1. The zero-order chi connectivity index (χ0) is 13.1. The van der Waals surface area contributed by atoms with Crippen molar-refractivity contribution >= 4 is 21.6 Å². The van der Waals surface area contributed by atoms with Crippen LogP contribution in [0.1, 0.15) is 32.3 Å². The van der Waals surface area contributed by atoms with E-state index in [4.69, 9.17) is 5.73 Å². The summed E-state index contributed by atoms with van der Waals surface area (Å²) < 4.78 is 0.710. The van der Waals surface area contributed by atoms with Crippen LogP contribution in [0.3, 0.4) is 0 Å². The van der Waals surface area contributed by atoms with Crippen molar-refractivity contribution in [1.82, 2.24) is 0 Å². The second-order valence-corrected chi connectivity index (χ2v) is 5.53. The molecule has 0 aliphatic carbocycles. The lowest BCUT2D eigenvalue weighted by Crippen LogP contribution is -2.38.